The monoisotopic (exact) mass is 345 g/mol. The molecule has 0 saturated carbocycles. The Balaban J connectivity index is 2.13. The molecule has 1 aliphatic rings. The standard InChI is InChI=1S/C19H27N3O3/c1-4-11-19(15-8-6-5-7-9-15)17(24)22(18(25)21-19)13-16(23)20-12-10-14(2)3/h5-9,14H,4,10-13H2,1-3H3,(H,20,23)(H,21,25). The van der Waals surface area contributed by atoms with Gasteiger partial charge in [0.1, 0.15) is 12.1 Å². The van der Waals surface area contributed by atoms with Crippen molar-refractivity contribution in [2.45, 2.75) is 45.6 Å². The molecule has 1 atom stereocenters. The van der Waals surface area contributed by atoms with Gasteiger partial charge in [-0.15, -0.1) is 0 Å². The molecule has 1 fully saturated rings. The fraction of sp³-hybridized carbons (Fsp3) is 0.526. The second kappa shape index (κ2) is 8.14. The van der Waals surface area contributed by atoms with Crippen LogP contribution >= 0.6 is 0 Å². The average Bonchev–Trinajstić information content (AvgIpc) is 2.81. The number of rotatable bonds is 8. The number of imide groups is 1. The first kappa shape index (κ1) is 19.0. The maximum absolute atomic E-state index is 13.0. The van der Waals surface area contributed by atoms with E-state index < -0.39 is 11.6 Å². The molecule has 4 amide bonds. The SMILES string of the molecule is CCCC1(c2ccccc2)NC(=O)N(CC(=O)NCCC(C)C)C1=O. The van der Waals surface area contributed by atoms with Gasteiger partial charge in [0.15, 0.2) is 0 Å². The van der Waals surface area contributed by atoms with E-state index in [2.05, 4.69) is 24.5 Å². The number of carbonyl (C=O) groups is 3. The molecule has 6 nitrogen and oxygen atoms in total. The minimum atomic E-state index is -1.08. The van der Waals surface area contributed by atoms with Crippen LogP contribution in [0.5, 0.6) is 0 Å². The Morgan fingerprint density at radius 2 is 1.92 bits per heavy atom. The van der Waals surface area contributed by atoms with E-state index in [0.717, 1.165) is 23.3 Å². The van der Waals surface area contributed by atoms with Gasteiger partial charge in [-0.1, -0.05) is 57.5 Å². The van der Waals surface area contributed by atoms with Crippen LogP contribution in [0, 0.1) is 5.92 Å². The molecular weight excluding hydrogens is 318 g/mol. The summed E-state index contributed by atoms with van der Waals surface area (Å²) in [6.45, 7) is 6.40. The van der Waals surface area contributed by atoms with Gasteiger partial charge in [-0.2, -0.15) is 0 Å². The summed E-state index contributed by atoms with van der Waals surface area (Å²) < 4.78 is 0. The predicted octanol–water partition coefficient (Wildman–Crippen LogP) is 2.40. The van der Waals surface area contributed by atoms with Crippen molar-refractivity contribution in [3.05, 3.63) is 35.9 Å². The number of hydrogen-bond acceptors (Lipinski definition) is 3. The van der Waals surface area contributed by atoms with E-state index in [1.165, 1.54) is 0 Å². The summed E-state index contributed by atoms with van der Waals surface area (Å²) in [6, 6.07) is 8.70. The number of nitrogens with one attached hydrogen (secondary N) is 2. The summed E-state index contributed by atoms with van der Waals surface area (Å²) in [5, 5.41) is 5.59. The van der Waals surface area contributed by atoms with E-state index in [4.69, 9.17) is 0 Å². The molecule has 1 aromatic carbocycles. The van der Waals surface area contributed by atoms with Gasteiger partial charge in [0.2, 0.25) is 5.91 Å². The van der Waals surface area contributed by atoms with E-state index in [9.17, 15) is 14.4 Å². The van der Waals surface area contributed by atoms with E-state index in [1.54, 1.807) is 0 Å². The van der Waals surface area contributed by atoms with Crippen LogP contribution in [-0.4, -0.2) is 35.8 Å². The van der Waals surface area contributed by atoms with Gasteiger partial charge in [-0.3, -0.25) is 14.5 Å². The van der Waals surface area contributed by atoms with E-state index in [-0.39, 0.29) is 18.4 Å². The number of benzene rings is 1. The summed E-state index contributed by atoms with van der Waals surface area (Å²) >= 11 is 0. The summed E-state index contributed by atoms with van der Waals surface area (Å²) in [6.07, 6.45) is 2.08. The van der Waals surface area contributed by atoms with Crippen LogP contribution in [0.3, 0.4) is 0 Å². The van der Waals surface area contributed by atoms with Crippen molar-refractivity contribution in [3.63, 3.8) is 0 Å². The normalized spacial score (nSPS) is 20.1. The van der Waals surface area contributed by atoms with Crippen molar-refractivity contribution in [2.24, 2.45) is 5.92 Å². The lowest BCUT2D eigenvalue weighted by atomic mass is 9.85. The summed E-state index contributed by atoms with van der Waals surface area (Å²) in [7, 11) is 0. The van der Waals surface area contributed by atoms with Crippen molar-refractivity contribution in [3.8, 4) is 0 Å². The summed E-state index contributed by atoms with van der Waals surface area (Å²) in [5.41, 5.74) is -0.330. The number of nitrogens with zero attached hydrogens (tertiary/aromatic N) is 1. The number of urea groups is 1. The van der Waals surface area contributed by atoms with Crippen molar-refractivity contribution < 1.29 is 14.4 Å². The highest BCUT2D eigenvalue weighted by atomic mass is 16.2. The predicted molar refractivity (Wildman–Crippen MR) is 95.7 cm³/mol. The number of amides is 4. The van der Waals surface area contributed by atoms with Crippen LogP contribution in [0.15, 0.2) is 30.3 Å². The topological polar surface area (TPSA) is 78.5 Å². The molecule has 2 N–H and O–H groups in total. The molecule has 0 aliphatic carbocycles. The Morgan fingerprint density at radius 3 is 2.52 bits per heavy atom. The molecule has 6 heteroatoms. The summed E-state index contributed by atoms with van der Waals surface area (Å²) in [5.74, 6) is -0.193. The summed E-state index contributed by atoms with van der Waals surface area (Å²) in [4.78, 5) is 38.5. The third kappa shape index (κ3) is 4.18. The Kier molecular flexibility index (Phi) is 6.17. The lowest BCUT2D eigenvalue weighted by molar-refractivity contribution is -0.135. The van der Waals surface area contributed by atoms with Crippen LogP contribution in [0.2, 0.25) is 0 Å². The molecule has 0 aromatic heterocycles. The van der Waals surface area contributed by atoms with Gasteiger partial charge >= 0.3 is 6.03 Å². The van der Waals surface area contributed by atoms with Crippen molar-refractivity contribution in [2.75, 3.05) is 13.1 Å². The molecule has 0 bridgehead atoms. The van der Waals surface area contributed by atoms with Crippen LogP contribution in [0.1, 0.15) is 45.6 Å². The van der Waals surface area contributed by atoms with Crippen molar-refractivity contribution in [1.82, 2.24) is 15.5 Å². The van der Waals surface area contributed by atoms with Crippen LogP contribution in [0.25, 0.3) is 0 Å². The van der Waals surface area contributed by atoms with Gasteiger partial charge in [0.05, 0.1) is 0 Å². The van der Waals surface area contributed by atoms with E-state index in [1.807, 2.05) is 37.3 Å². The zero-order valence-electron chi connectivity index (χ0n) is 15.2. The third-order valence-corrected chi connectivity index (χ3v) is 4.41. The number of hydrogen-bond donors (Lipinski definition) is 2. The Morgan fingerprint density at radius 1 is 1.24 bits per heavy atom. The Labute approximate surface area is 149 Å². The first-order valence-corrected chi connectivity index (χ1v) is 8.87. The molecular formula is C19H27N3O3. The van der Waals surface area contributed by atoms with E-state index in [0.29, 0.717) is 18.9 Å². The maximum Gasteiger partial charge on any atom is 0.325 e. The molecule has 0 radical (unpaired) electrons. The zero-order chi connectivity index (χ0) is 18.4. The zero-order valence-corrected chi connectivity index (χ0v) is 15.2. The highest BCUT2D eigenvalue weighted by Crippen LogP contribution is 2.33. The second-order valence-electron chi connectivity index (χ2n) is 6.88. The van der Waals surface area contributed by atoms with Crippen LogP contribution in [-0.2, 0) is 15.1 Å². The molecule has 1 aliphatic heterocycles. The maximum atomic E-state index is 13.0. The molecule has 1 saturated heterocycles. The molecule has 0 spiro atoms. The Bertz CT molecular complexity index is 630. The van der Waals surface area contributed by atoms with Gasteiger partial charge in [-0.25, -0.2) is 4.79 Å². The first-order chi connectivity index (χ1) is 11.9. The molecule has 25 heavy (non-hydrogen) atoms. The lowest BCUT2D eigenvalue weighted by Crippen LogP contribution is -2.45. The minimum Gasteiger partial charge on any atom is -0.355 e. The fourth-order valence-electron chi connectivity index (χ4n) is 3.08. The molecule has 1 heterocycles. The first-order valence-electron chi connectivity index (χ1n) is 8.87. The molecule has 1 aromatic rings. The van der Waals surface area contributed by atoms with Gasteiger partial charge < -0.3 is 10.6 Å². The van der Waals surface area contributed by atoms with Gasteiger partial charge in [-0.05, 0) is 24.3 Å². The van der Waals surface area contributed by atoms with Crippen LogP contribution in [0.4, 0.5) is 4.79 Å². The second-order valence-corrected chi connectivity index (χ2v) is 6.88. The average molecular weight is 345 g/mol. The number of carbonyl (C=O) groups excluding carboxylic acids is 3. The third-order valence-electron chi connectivity index (χ3n) is 4.41. The quantitative estimate of drug-likeness (QED) is 0.710. The minimum absolute atomic E-state index is 0.249. The highest BCUT2D eigenvalue weighted by Gasteiger charge is 2.52. The van der Waals surface area contributed by atoms with Crippen LogP contribution < -0.4 is 10.6 Å². The molecule has 1 unspecified atom stereocenters. The molecule has 136 valence electrons. The van der Waals surface area contributed by atoms with Crippen molar-refractivity contribution in [1.29, 1.82) is 0 Å². The van der Waals surface area contributed by atoms with E-state index >= 15 is 0 Å². The van der Waals surface area contributed by atoms with Gasteiger partial charge in [0.25, 0.3) is 5.91 Å². The highest BCUT2D eigenvalue weighted by molar-refractivity contribution is 6.09. The van der Waals surface area contributed by atoms with Crippen molar-refractivity contribution >= 4 is 17.8 Å². The van der Waals surface area contributed by atoms with Gasteiger partial charge in [0, 0.05) is 6.54 Å². The lowest BCUT2D eigenvalue weighted by Gasteiger charge is -2.26. The fourth-order valence-corrected chi connectivity index (χ4v) is 3.08. The smallest absolute Gasteiger partial charge is 0.325 e. The largest absolute Gasteiger partial charge is 0.355 e. The molecule has 2 rings (SSSR count). The Hall–Kier alpha value is -2.37.